The third-order valence-corrected chi connectivity index (χ3v) is 5.23. The van der Waals surface area contributed by atoms with Gasteiger partial charge in [-0.15, -0.1) is 13.2 Å². The average Bonchev–Trinajstić information content (AvgIpc) is 2.70. The third kappa shape index (κ3) is 6.76. The average molecular weight is 423 g/mol. The number of rotatable bonds is 8. The lowest BCUT2D eigenvalue weighted by atomic mass is 9.86. The van der Waals surface area contributed by atoms with E-state index in [4.69, 9.17) is 0 Å². The highest BCUT2D eigenvalue weighted by atomic mass is 19.4. The number of aromatic nitrogens is 2. The molecule has 30 heavy (non-hydrogen) atoms. The van der Waals surface area contributed by atoms with E-state index in [-0.39, 0.29) is 5.75 Å². The zero-order valence-corrected chi connectivity index (χ0v) is 17.2. The lowest BCUT2D eigenvalue weighted by molar-refractivity contribution is -0.274. The largest absolute Gasteiger partial charge is 0.573 e. The van der Waals surface area contributed by atoms with Gasteiger partial charge in [0.15, 0.2) is 0 Å². The van der Waals surface area contributed by atoms with Crippen molar-refractivity contribution in [3.05, 3.63) is 42.1 Å². The number of halogens is 3. The Morgan fingerprint density at radius 3 is 2.53 bits per heavy atom. The number of hydrogen-bond donors (Lipinski definition) is 2. The molecule has 0 unspecified atom stereocenters. The van der Waals surface area contributed by atoms with Gasteiger partial charge in [-0.3, -0.25) is 0 Å². The van der Waals surface area contributed by atoms with Crippen LogP contribution in [0.15, 0.2) is 36.5 Å². The molecule has 0 radical (unpaired) electrons. The maximum absolute atomic E-state index is 12.5. The molecule has 2 N–H and O–H groups in total. The van der Waals surface area contributed by atoms with E-state index in [2.05, 4.69) is 25.3 Å². The molecular weight excluding hydrogens is 395 g/mol. The zero-order chi connectivity index (χ0) is 21.6. The molecule has 0 aliphatic heterocycles. The van der Waals surface area contributed by atoms with Crippen molar-refractivity contribution < 1.29 is 17.9 Å². The van der Waals surface area contributed by atoms with Crippen molar-refractivity contribution in [2.75, 3.05) is 30.9 Å². The summed E-state index contributed by atoms with van der Waals surface area (Å²) in [6, 6.07) is 8.44. The molecule has 2 aromatic rings. The number of benzene rings is 1. The van der Waals surface area contributed by atoms with Crippen molar-refractivity contribution in [1.82, 2.24) is 15.3 Å². The zero-order valence-electron chi connectivity index (χ0n) is 17.2. The van der Waals surface area contributed by atoms with Gasteiger partial charge < -0.3 is 20.3 Å². The summed E-state index contributed by atoms with van der Waals surface area (Å²) in [7, 11) is 3.88. The Balaban J connectivity index is 1.42. The molecule has 164 valence electrons. The number of nitrogens with zero attached hydrogens (tertiary/aromatic N) is 3. The van der Waals surface area contributed by atoms with E-state index in [9.17, 15) is 13.2 Å². The van der Waals surface area contributed by atoms with E-state index in [1.54, 1.807) is 18.3 Å². The minimum Gasteiger partial charge on any atom is -0.405 e. The van der Waals surface area contributed by atoms with Crippen molar-refractivity contribution in [1.29, 1.82) is 0 Å². The Bertz CT molecular complexity index is 807. The summed E-state index contributed by atoms with van der Waals surface area (Å²) in [5, 5.41) is 6.70. The molecule has 1 aromatic heterocycles. The SMILES string of the molecule is CN(C)c1ccnc(N[C@H]2CC[C@@H](CNCc3ccccc3OC(F)(F)F)CC2)n1. The van der Waals surface area contributed by atoms with Crippen LogP contribution < -0.4 is 20.3 Å². The summed E-state index contributed by atoms with van der Waals surface area (Å²) >= 11 is 0. The van der Waals surface area contributed by atoms with E-state index in [1.807, 2.05) is 25.1 Å². The molecule has 0 saturated heterocycles. The normalized spacial score (nSPS) is 19.4. The molecule has 1 saturated carbocycles. The van der Waals surface area contributed by atoms with Crippen molar-refractivity contribution in [2.24, 2.45) is 5.92 Å². The Labute approximate surface area is 174 Å². The van der Waals surface area contributed by atoms with Gasteiger partial charge in [0.1, 0.15) is 11.6 Å². The van der Waals surface area contributed by atoms with Crippen LogP contribution in [0.5, 0.6) is 5.75 Å². The van der Waals surface area contributed by atoms with Gasteiger partial charge in [0, 0.05) is 38.4 Å². The number of nitrogens with one attached hydrogen (secondary N) is 2. The summed E-state index contributed by atoms with van der Waals surface area (Å²) in [5.74, 6) is 1.85. The van der Waals surface area contributed by atoms with E-state index in [0.717, 1.165) is 38.0 Å². The predicted molar refractivity (Wildman–Crippen MR) is 111 cm³/mol. The number of anilines is 2. The second-order valence-corrected chi connectivity index (χ2v) is 7.78. The van der Waals surface area contributed by atoms with Gasteiger partial charge in [0.05, 0.1) is 0 Å². The van der Waals surface area contributed by atoms with Crippen LogP contribution in [-0.2, 0) is 6.54 Å². The van der Waals surface area contributed by atoms with Gasteiger partial charge in [-0.05, 0) is 50.3 Å². The van der Waals surface area contributed by atoms with Crippen molar-refractivity contribution in [3.63, 3.8) is 0 Å². The topological polar surface area (TPSA) is 62.3 Å². The molecule has 0 spiro atoms. The molecule has 1 aliphatic carbocycles. The standard InChI is InChI=1S/C21H28F3N5O/c1-29(2)19-11-12-26-20(28-19)27-17-9-7-15(8-10-17)13-25-14-16-5-3-4-6-18(16)30-21(22,23)24/h3-6,11-12,15,17,25H,7-10,13-14H2,1-2H3,(H,26,27,28)/t15-,17+. The Kier molecular flexibility index (Phi) is 7.36. The quantitative estimate of drug-likeness (QED) is 0.664. The molecule has 0 bridgehead atoms. The van der Waals surface area contributed by atoms with Crippen LogP contribution >= 0.6 is 0 Å². The molecule has 3 rings (SSSR count). The van der Waals surface area contributed by atoms with Gasteiger partial charge >= 0.3 is 6.36 Å². The molecule has 0 amide bonds. The fourth-order valence-corrected chi connectivity index (χ4v) is 3.65. The summed E-state index contributed by atoms with van der Waals surface area (Å²) in [6.45, 7) is 1.11. The maximum atomic E-state index is 12.5. The van der Waals surface area contributed by atoms with Gasteiger partial charge in [0.25, 0.3) is 0 Å². The number of para-hydroxylation sites is 1. The minimum atomic E-state index is -4.68. The lowest BCUT2D eigenvalue weighted by Gasteiger charge is -2.29. The van der Waals surface area contributed by atoms with Crippen LogP contribution in [0.2, 0.25) is 0 Å². The van der Waals surface area contributed by atoms with Gasteiger partial charge in [-0.25, -0.2) is 4.98 Å². The summed E-state index contributed by atoms with van der Waals surface area (Å²) in [5.41, 5.74) is 0.503. The fraction of sp³-hybridized carbons (Fsp3) is 0.524. The minimum absolute atomic E-state index is 0.148. The predicted octanol–water partition coefficient (Wildman–Crippen LogP) is 4.20. The number of ether oxygens (including phenoxy) is 1. The van der Waals surface area contributed by atoms with E-state index >= 15 is 0 Å². The first-order valence-electron chi connectivity index (χ1n) is 10.1. The second-order valence-electron chi connectivity index (χ2n) is 7.78. The Morgan fingerprint density at radius 2 is 1.83 bits per heavy atom. The first kappa shape index (κ1) is 22.1. The molecule has 9 heteroatoms. The Hall–Kier alpha value is -2.55. The van der Waals surface area contributed by atoms with Crippen LogP contribution in [0.1, 0.15) is 31.2 Å². The van der Waals surface area contributed by atoms with Crippen molar-refractivity contribution in [2.45, 2.75) is 44.6 Å². The number of hydrogen-bond acceptors (Lipinski definition) is 6. The number of alkyl halides is 3. The van der Waals surface area contributed by atoms with Crippen molar-refractivity contribution >= 4 is 11.8 Å². The van der Waals surface area contributed by atoms with Crippen molar-refractivity contribution in [3.8, 4) is 5.75 Å². The highest BCUT2D eigenvalue weighted by Crippen LogP contribution is 2.28. The summed E-state index contributed by atoms with van der Waals surface area (Å²) in [4.78, 5) is 10.7. The van der Waals surface area contributed by atoms with Crippen LogP contribution in [-0.4, -0.2) is 43.0 Å². The summed E-state index contributed by atoms with van der Waals surface area (Å²) < 4.78 is 41.7. The van der Waals surface area contributed by atoms with Gasteiger partial charge in [-0.1, -0.05) is 18.2 Å². The molecule has 1 fully saturated rings. The molecule has 1 aromatic carbocycles. The first-order chi connectivity index (χ1) is 14.3. The van der Waals surface area contributed by atoms with Crippen LogP contribution in [0.3, 0.4) is 0 Å². The molecule has 0 atom stereocenters. The molecule has 6 nitrogen and oxygen atoms in total. The highest BCUT2D eigenvalue weighted by Gasteiger charge is 2.32. The molecule has 1 aliphatic rings. The maximum Gasteiger partial charge on any atom is 0.573 e. The second kappa shape index (κ2) is 9.97. The van der Waals surface area contributed by atoms with Crippen LogP contribution in [0, 0.1) is 5.92 Å². The smallest absolute Gasteiger partial charge is 0.405 e. The highest BCUT2D eigenvalue weighted by molar-refractivity contribution is 5.41. The van der Waals surface area contributed by atoms with Gasteiger partial charge in [0.2, 0.25) is 5.95 Å². The van der Waals surface area contributed by atoms with Crippen LogP contribution in [0.25, 0.3) is 0 Å². The first-order valence-corrected chi connectivity index (χ1v) is 10.1. The molecular formula is C21H28F3N5O. The van der Waals surface area contributed by atoms with E-state index < -0.39 is 6.36 Å². The fourth-order valence-electron chi connectivity index (χ4n) is 3.65. The monoisotopic (exact) mass is 423 g/mol. The van der Waals surface area contributed by atoms with Gasteiger partial charge in [-0.2, -0.15) is 4.98 Å². The lowest BCUT2D eigenvalue weighted by Crippen LogP contribution is -2.31. The van der Waals surface area contributed by atoms with Crippen LogP contribution in [0.4, 0.5) is 24.9 Å². The Morgan fingerprint density at radius 1 is 1.10 bits per heavy atom. The molecule has 1 heterocycles. The van der Waals surface area contributed by atoms with E-state index in [0.29, 0.717) is 30.0 Å². The van der Waals surface area contributed by atoms with E-state index in [1.165, 1.54) is 12.1 Å². The summed E-state index contributed by atoms with van der Waals surface area (Å²) in [6.07, 6.45) is 1.17. The third-order valence-electron chi connectivity index (χ3n) is 5.23.